The molecule has 0 aliphatic heterocycles. The van der Waals surface area contributed by atoms with Gasteiger partial charge in [0, 0.05) is 10.0 Å². The zero-order chi connectivity index (χ0) is 23.1. The van der Waals surface area contributed by atoms with Crippen molar-refractivity contribution in [2.45, 2.75) is 63.4 Å². The lowest BCUT2D eigenvalue weighted by Crippen LogP contribution is -2.66. The molecule has 11 heteroatoms. The monoisotopic (exact) mass is 503 g/mol. The predicted molar refractivity (Wildman–Crippen MR) is 106 cm³/mol. The van der Waals surface area contributed by atoms with Gasteiger partial charge in [0.15, 0.2) is 0 Å². The highest BCUT2D eigenvalue weighted by Crippen LogP contribution is 2.48. The normalized spacial score (nSPS) is 15.8. The number of carboxylic acids is 1. The van der Waals surface area contributed by atoms with Crippen molar-refractivity contribution in [2.24, 2.45) is 0 Å². The van der Waals surface area contributed by atoms with Gasteiger partial charge in [-0.25, -0.2) is 26.4 Å². The minimum absolute atomic E-state index is 0.246. The van der Waals surface area contributed by atoms with Crippen molar-refractivity contribution in [3.8, 4) is 0 Å². The van der Waals surface area contributed by atoms with E-state index >= 15 is 8.78 Å². The molecule has 1 rings (SSSR count). The van der Waals surface area contributed by atoms with E-state index in [1.165, 1.54) is 26.8 Å². The van der Waals surface area contributed by atoms with Crippen molar-refractivity contribution >= 4 is 31.9 Å². The summed E-state index contributed by atoms with van der Waals surface area (Å²) in [6.07, 6.45) is 0. The number of nitrogens with one attached hydrogen (secondary N) is 1. The van der Waals surface area contributed by atoms with Crippen molar-refractivity contribution in [3.63, 3.8) is 0 Å². The number of carboxylic acid groups (broad SMARTS) is 1. The van der Waals surface area contributed by atoms with E-state index < -0.39 is 55.8 Å². The molecule has 1 aromatic carbocycles. The molecule has 1 atom stereocenters. The molecule has 6 nitrogen and oxygen atoms in total. The van der Waals surface area contributed by atoms with Crippen LogP contribution in [0.25, 0.3) is 0 Å². The van der Waals surface area contributed by atoms with Crippen LogP contribution >= 0.6 is 15.9 Å². The van der Waals surface area contributed by atoms with Gasteiger partial charge in [-0.05, 0) is 59.7 Å². The molecule has 0 unspecified atom stereocenters. The molecule has 0 amide bonds. The third kappa shape index (κ3) is 5.12. The molecule has 0 aromatic heterocycles. The molecule has 166 valence electrons. The summed E-state index contributed by atoms with van der Waals surface area (Å²) in [4.78, 5) is 10.8. The van der Waals surface area contributed by atoms with E-state index in [-0.39, 0.29) is 4.47 Å². The Morgan fingerprint density at radius 2 is 1.69 bits per heavy atom. The smallest absolute Gasteiger partial charge is 0.329 e. The minimum Gasteiger partial charge on any atom is -0.480 e. The SMILES string of the molecule is CC(C)(OCC(=O)O)C(F)(F)[C@](C)(NS(=O)(=O)C(C)(C)C)c1cc(Br)ccc1F. The second-order valence-corrected chi connectivity index (χ2v) is 11.6. The lowest BCUT2D eigenvalue weighted by Gasteiger charge is -2.46. The maximum atomic E-state index is 15.8. The molecule has 0 saturated heterocycles. The number of aliphatic carboxylic acids is 1. The van der Waals surface area contributed by atoms with E-state index in [4.69, 9.17) is 9.84 Å². The Morgan fingerprint density at radius 1 is 1.17 bits per heavy atom. The van der Waals surface area contributed by atoms with E-state index in [1.807, 2.05) is 4.72 Å². The Kier molecular flexibility index (Phi) is 7.28. The molecule has 0 saturated carbocycles. The average molecular weight is 504 g/mol. The largest absolute Gasteiger partial charge is 0.480 e. The van der Waals surface area contributed by atoms with Crippen LogP contribution in [0, 0.1) is 5.82 Å². The molecular formula is C18H25BrF3NO5S. The summed E-state index contributed by atoms with van der Waals surface area (Å²) >= 11 is 3.08. The second kappa shape index (κ2) is 8.16. The summed E-state index contributed by atoms with van der Waals surface area (Å²) in [5, 5.41) is 8.79. The predicted octanol–water partition coefficient (Wildman–Crippen LogP) is 4.04. The number of rotatable bonds is 8. The van der Waals surface area contributed by atoms with Gasteiger partial charge in [-0.15, -0.1) is 0 Å². The highest BCUT2D eigenvalue weighted by Gasteiger charge is 2.64. The number of alkyl halides is 2. The molecule has 1 aromatic rings. The summed E-state index contributed by atoms with van der Waals surface area (Å²) in [6.45, 7) is 5.52. The standard InChI is InChI=1S/C18H25BrF3NO5S/c1-15(2,3)29(26,27)23-17(6,12-9-11(19)7-8-13(12)20)18(21,22)16(4,5)28-10-14(24)25/h7-9,23H,10H2,1-6H3,(H,24,25)/t17-/m1/s1. The molecule has 29 heavy (non-hydrogen) atoms. The van der Waals surface area contributed by atoms with Crippen molar-refractivity contribution < 1.29 is 36.2 Å². The summed E-state index contributed by atoms with van der Waals surface area (Å²) in [6, 6.07) is 3.24. The first-order valence-electron chi connectivity index (χ1n) is 8.51. The average Bonchev–Trinajstić information content (AvgIpc) is 2.53. The van der Waals surface area contributed by atoms with Crippen LogP contribution in [0.1, 0.15) is 47.1 Å². The summed E-state index contributed by atoms with van der Waals surface area (Å²) in [7, 11) is -4.39. The van der Waals surface area contributed by atoms with Gasteiger partial charge < -0.3 is 9.84 Å². The molecular weight excluding hydrogens is 479 g/mol. The van der Waals surface area contributed by atoms with Gasteiger partial charge in [0.2, 0.25) is 10.0 Å². The van der Waals surface area contributed by atoms with E-state index in [0.29, 0.717) is 0 Å². The number of carbonyl (C=O) groups is 1. The quantitative estimate of drug-likeness (QED) is 0.558. The van der Waals surface area contributed by atoms with E-state index in [2.05, 4.69) is 15.9 Å². The number of sulfonamides is 1. The van der Waals surface area contributed by atoms with Gasteiger partial charge in [-0.1, -0.05) is 15.9 Å². The van der Waals surface area contributed by atoms with Crippen molar-refractivity contribution in [3.05, 3.63) is 34.1 Å². The van der Waals surface area contributed by atoms with Crippen LogP contribution in [0.5, 0.6) is 0 Å². The number of ether oxygens (including phenoxy) is 1. The highest BCUT2D eigenvalue weighted by molar-refractivity contribution is 9.10. The fourth-order valence-electron chi connectivity index (χ4n) is 2.53. The van der Waals surface area contributed by atoms with Crippen LogP contribution < -0.4 is 4.72 Å². The molecule has 0 radical (unpaired) electrons. The fourth-order valence-corrected chi connectivity index (χ4v) is 3.97. The summed E-state index contributed by atoms with van der Waals surface area (Å²) < 4.78 is 77.3. The van der Waals surface area contributed by atoms with E-state index in [1.54, 1.807) is 0 Å². The van der Waals surface area contributed by atoms with Gasteiger partial charge in [0.25, 0.3) is 5.92 Å². The lowest BCUT2D eigenvalue weighted by atomic mass is 9.78. The molecule has 0 bridgehead atoms. The Bertz CT molecular complexity index is 884. The van der Waals surface area contributed by atoms with Crippen molar-refractivity contribution in [1.82, 2.24) is 4.72 Å². The molecule has 0 fully saturated rings. The van der Waals surface area contributed by atoms with Crippen molar-refractivity contribution in [2.75, 3.05) is 6.61 Å². The first kappa shape index (κ1) is 25.9. The number of hydrogen-bond donors (Lipinski definition) is 2. The number of hydrogen-bond acceptors (Lipinski definition) is 4. The Labute approximate surface area is 177 Å². The van der Waals surface area contributed by atoms with Gasteiger partial charge in [-0.2, -0.15) is 4.72 Å². The summed E-state index contributed by atoms with van der Waals surface area (Å²) in [5.74, 6) is -6.64. The van der Waals surface area contributed by atoms with Gasteiger partial charge in [0.05, 0.1) is 4.75 Å². The maximum absolute atomic E-state index is 15.8. The molecule has 0 spiro atoms. The first-order chi connectivity index (χ1) is 12.8. The molecule has 0 aliphatic carbocycles. The second-order valence-electron chi connectivity index (χ2n) is 8.23. The van der Waals surface area contributed by atoms with E-state index in [0.717, 1.165) is 32.9 Å². The minimum atomic E-state index is -4.39. The lowest BCUT2D eigenvalue weighted by molar-refractivity contribution is -0.230. The summed E-state index contributed by atoms with van der Waals surface area (Å²) in [5.41, 5.74) is -5.92. The number of halogens is 4. The molecule has 2 N–H and O–H groups in total. The highest BCUT2D eigenvalue weighted by atomic mass is 79.9. The van der Waals surface area contributed by atoms with Crippen LogP contribution in [0.2, 0.25) is 0 Å². The Balaban J connectivity index is 3.76. The maximum Gasteiger partial charge on any atom is 0.329 e. The third-order valence-electron chi connectivity index (χ3n) is 4.55. The first-order valence-corrected chi connectivity index (χ1v) is 10.8. The Hall–Kier alpha value is -1.17. The van der Waals surface area contributed by atoms with Crippen LogP contribution in [0.15, 0.2) is 22.7 Å². The van der Waals surface area contributed by atoms with Crippen LogP contribution in [-0.2, 0) is 25.1 Å². The number of benzene rings is 1. The fraction of sp³-hybridized carbons (Fsp3) is 0.611. The van der Waals surface area contributed by atoms with Gasteiger partial charge in [0.1, 0.15) is 23.6 Å². The zero-order valence-corrected chi connectivity index (χ0v) is 19.3. The van der Waals surface area contributed by atoms with Crippen LogP contribution in [0.3, 0.4) is 0 Å². The van der Waals surface area contributed by atoms with Gasteiger partial charge >= 0.3 is 5.97 Å². The van der Waals surface area contributed by atoms with E-state index in [9.17, 15) is 17.6 Å². The molecule has 0 heterocycles. The van der Waals surface area contributed by atoms with Crippen LogP contribution in [0.4, 0.5) is 13.2 Å². The van der Waals surface area contributed by atoms with Crippen molar-refractivity contribution in [1.29, 1.82) is 0 Å². The zero-order valence-electron chi connectivity index (χ0n) is 16.9. The topological polar surface area (TPSA) is 92.7 Å². The molecule has 0 aliphatic rings. The Morgan fingerprint density at radius 3 is 2.14 bits per heavy atom. The van der Waals surface area contributed by atoms with Crippen LogP contribution in [-0.4, -0.2) is 42.4 Å². The van der Waals surface area contributed by atoms with Gasteiger partial charge in [-0.3, -0.25) is 0 Å². The third-order valence-corrected chi connectivity index (χ3v) is 7.33.